The number of nitrogens with two attached hydrogens (primary N) is 1. The molecular formula is C15H17N5O. The molecule has 6 heteroatoms. The van der Waals surface area contributed by atoms with E-state index in [1.165, 1.54) is 0 Å². The molecule has 4 unspecified atom stereocenters. The van der Waals surface area contributed by atoms with Crippen molar-refractivity contribution in [1.29, 1.82) is 0 Å². The Kier molecular flexibility index (Phi) is 1.89. The number of hydrogen-bond donors (Lipinski definition) is 1. The minimum absolute atomic E-state index is 0.165. The summed E-state index contributed by atoms with van der Waals surface area (Å²) in [5.74, 6) is 2.57. The first-order valence-corrected chi connectivity index (χ1v) is 7.54. The van der Waals surface area contributed by atoms with Gasteiger partial charge < -0.3 is 10.6 Å². The summed E-state index contributed by atoms with van der Waals surface area (Å²) in [5.41, 5.74) is 6.44. The van der Waals surface area contributed by atoms with Gasteiger partial charge in [0, 0.05) is 36.8 Å². The summed E-state index contributed by atoms with van der Waals surface area (Å²) >= 11 is 0. The predicted molar refractivity (Wildman–Crippen MR) is 76.5 cm³/mol. The molecule has 0 aromatic carbocycles. The van der Waals surface area contributed by atoms with E-state index in [0.717, 1.165) is 31.6 Å². The lowest BCUT2D eigenvalue weighted by Crippen LogP contribution is -2.43. The molecule has 108 valence electrons. The van der Waals surface area contributed by atoms with Crippen LogP contribution < -0.4 is 5.73 Å². The van der Waals surface area contributed by atoms with Crippen LogP contribution in [0, 0.1) is 11.8 Å². The molecule has 4 heterocycles. The molecule has 0 bridgehead atoms. The second kappa shape index (κ2) is 3.75. The lowest BCUT2D eigenvalue weighted by molar-refractivity contribution is -0.132. The fraction of sp³-hybridized carbons (Fsp3) is 0.533. The molecule has 3 fully saturated rings. The number of imidazole rings is 1. The summed E-state index contributed by atoms with van der Waals surface area (Å²) in [4.78, 5) is 22.8. The van der Waals surface area contributed by atoms with Gasteiger partial charge in [-0.1, -0.05) is 0 Å². The van der Waals surface area contributed by atoms with E-state index < -0.39 is 0 Å². The molecule has 1 saturated carbocycles. The number of amides is 1. The van der Waals surface area contributed by atoms with E-state index >= 15 is 0 Å². The van der Waals surface area contributed by atoms with Crippen LogP contribution in [-0.4, -0.2) is 37.8 Å². The molecule has 5 rings (SSSR count). The van der Waals surface area contributed by atoms with Crippen molar-refractivity contribution in [3.05, 3.63) is 24.4 Å². The van der Waals surface area contributed by atoms with Crippen LogP contribution in [0.3, 0.4) is 0 Å². The van der Waals surface area contributed by atoms with Gasteiger partial charge in [-0.15, -0.1) is 0 Å². The fourth-order valence-electron chi connectivity index (χ4n) is 4.23. The SMILES string of the molecule is [2H]c1nc(C2CCC3C4CC4C(=O)N3C2)n2ccnc(N)c12. The van der Waals surface area contributed by atoms with Gasteiger partial charge in [-0.2, -0.15) is 0 Å². The van der Waals surface area contributed by atoms with Crippen molar-refractivity contribution in [2.75, 3.05) is 12.3 Å². The van der Waals surface area contributed by atoms with E-state index in [1.807, 2.05) is 4.40 Å². The van der Waals surface area contributed by atoms with Crippen molar-refractivity contribution >= 4 is 17.2 Å². The summed E-state index contributed by atoms with van der Waals surface area (Å²) in [6.07, 6.45) is 6.75. The lowest BCUT2D eigenvalue weighted by atomic mass is 9.91. The first-order chi connectivity index (χ1) is 10.6. The smallest absolute Gasteiger partial charge is 0.226 e. The highest BCUT2D eigenvalue weighted by Gasteiger charge is 2.59. The van der Waals surface area contributed by atoms with E-state index in [0.29, 0.717) is 35.1 Å². The van der Waals surface area contributed by atoms with Gasteiger partial charge in [0.15, 0.2) is 0 Å². The van der Waals surface area contributed by atoms with Gasteiger partial charge in [-0.3, -0.25) is 9.20 Å². The van der Waals surface area contributed by atoms with Crippen LogP contribution in [0.4, 0.5) is 5.82 Å². The van der Waals surface area contributed by atoms with Crippen LogP contribution in [0.2, 0.25) is 0 Å². The van der Waals surface area contributed by atoms with Gasteiger partial charge >= 0.3 is 0 Å². The second-order valence-electron chi connectivity index (χ2n) is 6.45. The minimum atomic E-state index is 0.165. The first kappa shape index (κ1) is 10.6. The Bertz CT molecular complexity index is 803. The zero-order valence-corrected chi connectivity index (χ0v) is 11.6. The van der Waals surface area contributed by atoms with Crippen molar-refractivity contribution in [2.24, 2.45) is 11.8 Å². The Morgan fingerprint density at radius 2 is 2.29 bits per heavy atom. The zero-order valence-electron chi connectivity index (χ0n) is 12.6. The van der Waals surface area contributed by atoms with Gasteiger partial charge in [-0.25, -0.2) is 9.97 Å². The number of fused-ring (bicyclic) bond motifs is 4. The predicted octanol–water partition coefficient (Wildman–Crippen LogP) is 1.04. The molecule has 2 N–H and O–H groups in total. The number of nitrogen functional groups attached to an aromatic ring is 1. The monoisotopic (exact) mass is 284 g/mol. The maximum absolute atomic E-state index is 12.3. The van der Waals surface area contributed by atoms with Crippen LogP contribution in [0.15, 0.2) is 18.6 Å². The van der Waals surface area contributed by atoms with Crippen LogP contribution in [0.5, 0.6) is 0 Å². The normalized spacial score (nSPS) is 34.8. The Morgan fingerprint density at radius 1 is 1.38 bits per heavy atom. The number of piperidine rings is 2. The van der Waals surface area contributed by atoms with Crippen molar-refractivity contribution in [3.63, 3.8) is 0 Å². The number of carbonyl (C=O) groups is 1. The molecular weight excluding hydrogens is 266 g/mol. The lowest BCUT2D eigenvalue weighted by Gasteiger charge is -2.36. The van der Waals surface area contributed by atoms with Crippen molar-refractivity contribution in [1.82, 2.24) is 19.3 Å². The summed E-state index contributed by atoms with van der Waals surface area (Å²) in [6, 6.07) is 0.446. The standard InChI is InChI=1S/C15H17N5O/c16-13-12-6-18-14(19(12)4-3-17-13)8-1-2-11-9-5-10(9)15(21)20(11)7-8/h3-4,6,8-11H,1-2,5,7H2,(H2,16,17)/i6D. The molecule has 2 aromatic rings. The maximum atomic E-state index is 12.3. The molecule has 3 aliphatic rings. The number of nitrogens with zero attached hydrogens (tertiary/aromatic N) is 4. The zero-order chi connectivity index (χ0) is 15.0. The molecule has 6 nitrogen and oxygen atoms in total. The van der Waals surface area contributed by atoms with Crippen molar-refractivity contribution in [3.8, 4) is 0 Å². The molecule has 0 radical (unpaired) electrons. The Balaban J connectivity index is 1.53. The molecule has 2 saturated heterocycles. The number of aromatic nitrogens is 3. The van der Waals surface area contributed by atoms with Gasteiger partial charge in [-0.05, 0) is 25.2 Å². The molecule has 1 aliphatic carbocycles. The third-order valence-corrected chi connectivity index (χ3v) is 5.36. The van der Waals surface area contributed by atoms with E-state index in [4.69, 9.17) is 7.10 Å². The Labute approximate surface area is 123 Å². The molecule has 4 atom stereocenters. The average Bonchev–Trinajstić information content (AvgIpc) is 3.17. The minimum Gasteiger partial charge on any atom is -0.382 e. The average molecular weight is 284 g/mol. The molecule has 21 heavy (non-hydrogen) atoms. The highest BCUT2D eigenvalue weighted by molar-refractivity contribution is 5.85. The summed E-state index contributed by atoms with van der Waals surface area (Å²) in [7, 11) is 0. The van der Waals surface area contributed by atoms with E-state index in [9.17, 15) is 4.79 Å². The topological polar surface area (TPSA) is 76.5 Å². The summed E-state index contributed by atoms with van der Waals surface area (Å²) < 4.78 is 9.91. The van der Waals surface area contributed by atoms with Crippen LogP contribution in [-0.2, 0) is 4.79 Å². The molecule has 0 spiro atoms. The van der Waals surface area contributed by atoms with Crippen molar-refractivity contribution in [2.45, 2.75) is 31.2 Å². The summed E-state index contributed by atoms with van der Waals surface area (Å²) in [5, 5.41) is 0. The third kappa shape index (κ3) is 1.45. The molecule has 2 aliphatic heterocycles. The first-order valence-electron chi connectivity index (χ1n) is 8.04. The third-order valence-electron chi connectivity index (χ3n) is 5.36. The van der Waals surface area contributed by atoms with Gasteiger partial charge in [0.05, 0.1) is 7.54 Å². The van der Waals surface area contributed by atoms with Gasteiger partial charge in [0.1, 0.15) is 17.2 Å². The van der Waals surface area contributed by atoms with E-state index in [1.54, 1.807) is 12.4 Å². The summed E-state index contributed by atoms with van der Waals surface area (Å²) in [6.45, 7) is 0.720. The van der Waals surface area contributed by atoms with E-state index in [2.05, 4.69) is 14.9 Å². The van der Waals surface area contributed by atoms with Crippen LogP contribution in [0.25, 0.3) is 5.52 Å². The number of hydrogen-bond acceptors (Lipinski definition) is 4. The Hall–Kier alpha value is -2.11. The molecule has 2 aromatic heterocycles. The van der Waals surface area contributed by atoms with E-state index in [-0.39, 0.29) is 12.1 Å². The molecule has 1 amide bonds. The van der Waals surface area contributed by atoms with Gasteiger partial charge in [0.2, 0.25) is 5.91 Å². The Morgan fingerprint density at radius 3 is 3.19 bits per heavy atom. The highest BCUT2D eigenvalue weighted by atomic mass is 16.2. The number of carbonyl (C=O) groups excluding carboxylic acids is 1. The van der Waals surface area contributed by atoms with Crippen LogP contribution in [0.1, 0.15) is 32.4 Å². The quantitative estimate of drug-likeness (QED) is 0.848. The van der Waals surface area contributed by atoms with Crippen LogP contribution >= 0.6 is 0 Å². The number of rotatable bonds is 1. The number of anilines is 1. The van der Waals surface area contributed by atoms with Crippen molar-refractivity contribution < 1.29 is 6.17 Å². The fourth-order valence-corrected chi connectivity index (χ4v) is 4.23. The highest BCUT2D eigenvalue weighted by Crippen LogP contribution is 2.54. The second-order valence-corrected chi connectivity index (χ2v) is 6.45. The maximum Gasteiger partial charge on any atom is 0.226 e. The van der Waals surface area contributed by atoms with Gasteiger partial charge in [0.25, 0.3) is 0 Å². The largest absolute Gasteiger partial charge is 0.382 e.